The smallest absolute Gasteiger partial charge is 0.167 e. The quantitative estimate of drug-likeness (QED) is 0.736. The van der Waals surface area contributed by atoms with E-state index in [0.29, 0.717) is 11.4 Å². The van der Waals surface area contributed by atoms with Gasteiger partial charge in [-0.05, 0) is 36.1 Å². The van der Waals surface area contributed by atoms with Crippen molar-refractivity contribution in [2.24, 2.45) is 0 Å². The highest BCUT2D eigenvalue weighted by molar-refractivity contribution is 5.63. The Morgan fingerprint density at radius 2 is 1.65 bits per heavy atom. The van der Waals surface area contributed by atoms with Crippen LogP contribution in [0.25, 0.3) is 11.1 Å². The molecule has 5 nitrogen and oxygen atoms in total. The average Bonchev–Trinajstić information content (AvgIpc) is 2.69. The van der Waals surface area contributed by atoms with Gasteiger partial charge in [0.1, 0.15) is 11.6 Å². The van der Waals surface area contributed by atoms with Crippen molar-refractivity contribution >= 4 is 5.82 Å². The Hall–Kier alpha value is -3.23. The van der Waals surface area contributed by atoms with E-state index in [9.17, 15) is 10.4 Å². The van der Waals surface area contributed by atoms with Gasteiger partial charge in [-0.1, -0.05) is 54.6 Å². The minimum absolute atomic E-state index is 0.247. The highest BCUT2D eigenvalue weighted by Crippen LogP contribution is 2.23. The molecule has 0 saturated carbocycles. The molecular formula is C21H20N4O. The summed E-state index contributed by atoms with van der Waals surface area (Å²) in [6, 6.07) is 20.0. The number of nitriles is 1. The maximum Gasteiger partial charge on any atom is 0.167 e. The third kappa shape index (κ3) is 3.71. The average molecular weight is 344 g/mol. The molecule has 0 fully saturated rings. The van der Waals surface area contributed by atoms with Crippen molar-refractivity contribution in [3.05, 3.63) is 77.0 Å². The van der Waals surface area contributed by atoms with Crippen LogP contribution in [-0.4, -0.2) is 21.8 Å². The molecule has 0 saturated heterocycles. The number of nitrogens with one attached hydrogen (secondary N) is 1. The number of anilines is 1. The molecule has 0 radical (unpaired) electrons. The molecule has 1 atom stereocenters. The lowest BCUT2D eigenvalue weighted by Crippen LogP contribution is -2.15. The zero-order valence-electron chi connectivity index (χ0n) is 14.8. The number of aryl methyl sites for hydroxylation is 1. The number of hydrogen-bond donors (Lipinski definition) is 2. The zero-order chi connectivity index (χ0) is 18.5. The van der Waals surface area contributed by atoms with Crippen LogP contribution in [-0.2, 0) is 0 Å². The van der Waals surface area contributed by atoms with Gasteiger partial charge in [0.15, 0.2) is 5.82 Å². The molecule has 2 N–H and O–H groups in total. The minimum atomic E-state index is -0.713. The van der Waals surface area contributed by atoms with Gasteiger partial charge in [-0.3, -0.25) is 0 Å². The lowest BCUT2D eigenvalue weighted by Gasteiger charge is -2.14. The Morgan fingerprint density at radius 3 is 2.31 bits per heavy atom. The highest BCUT2D eigenvalue weighted by Gasteiger charge is 2.13. The van der Waals surface area contributed by atoms with Crippen LogP contribution in [0.3, 0.4) is 0 Å². The molecule has 1 heterocycles. The zero-order valence-corrected chi connectivity index (χ0v) is 14.8. The van der Waals surface area contributed by atoms with E-state index in [1.54, 1.807) is 0 Å². The van der Waals surface area contributed by atoms with Gasteiger partial charge in [-0.25, -0.2) is 0 Å². The van der Waals surface area contributed by atoms with Crippen LogP contribution in [0.5, 0.6) is 0 Å². The fraction of sp³-hybridized carbons (Fsp3) is 0.190. The molecule has 3 rings (SSSR count). The fourth-order valence-corrected chi connectivity index (χ4v) is 2.71. The molecule has 0 spiro atoms. The van der Waals surface area contributed by atoms with E-state index in [-0.39, 0.29) is 6.54 Å². The Morgan fingerprint density at radius 1 is 1.00 bits per heavy atom. The van der Waals surface area contributed by atoms with Crippen LogP contribution in [0.1, 0.15) is 28.5 Å². The Labute approximate surface area is 153 Å². The van der Waals surface area contributed by atoms with Crippen molar-refractivity contribution in [3.63, 3.8) is 0 Å². The number of nitrogens with zero attached hydrogens (tertiary/aromatic N) is 3. The van der Waals surface area contributed by atoms with E-state index in [2.05, 4.69) is 33.7 Å². The summed E-state index contributed by atoms with van der Waals surface area (Å²) in [6.07, 6.45) is -0.713. The van der Waals surface area contributed by atoms with E-state index in [1.807, 2.05) is 56.3 Å². The maximum absolute atomic E-state index is 10.4. The standard InChI is InChI=1S/C21H20N4O/c1-14-15(2)24-25-21(19(14)12-22)23-13-20(26)18-10-8-17(9-11-18)16-6-4-3-5-7-16/h3-11,20,26H,13H2,1-2H3,(H,23,25). The molecule has 0 amide bonds. The first-order valence-corrected chi connectivity index (χ1v) is 8.41. The van der Waals surface area contributed by atoms with Crippen molar-refractivity contribution in [2.75, 3.05) is 11.9 Å². The lowest BCUT2D eigenvalue weighted by atomic mass is 10.0. The Kier molecular flexibility index (Phi) is 5.26. The molecule has 0 aliphatic heterocycles. The second-order valence-corrected chi connectivity index (χ2v) is 6.13. The molecular weight excluding hydrogens is 324 g/mol. The molecule has 0 bridgehead atoms. The van der Waals surface area contributed by atoms with Crippen molar-refractivity contribution in [3.8, 4) is 17.2 Å². The minimum Gasteiger partial charge on any atom is -0.387 e. The van der Waals surface area contributed by atoms with Crippen molar-refractivity contribution in [2.45, 2.75) is 20.0 Å². The fourth-order valence-electron chi connectivity index (χ4n) is 2.71. The Balaban J connectivity index is 1.70. The molecule has 1 aromatic heterocycles. The normalized spacial score (nSPS) is 11.6. The van der Waals surface area contributed by atoms with E-state index in [4.69, 9.17) is 0 Å². The molecule has 3 aromatic rings. The summed E-state index contributed by atoms with van der Waals surface area (Å²) in [7, 11) is 0. The van der Waals surface area contributed by atoms with Crippen molar-refractivity contribution in [1.29, 1.82) is 5.26 Å². The van der Waals surface area contributed by atoms with Gasteiger partial charge >= 0.3 is 0 Å². The number of benzene rings is 2. The third-order valence-electron chi connectivity index (χ3n) is 4.43. The van der Waals surface area contributed by atoms with Crippen LogP contribution in [0.4, 0.5) is 5.82 Å². The molecule has 2 aromatic carbocycles. The molecule has 130 valence electrons. The number of aliphatic hydroxyl groups excluding tert-OH is 1. The van der Waals surface area contributed by atoms with Gasteiger partial charge in [0.05, 0.1) is 11.8 Å². The summed E-state index contributed by atoms with van der Waals surface area (Å²) < 4.78 is 0. The molecule has 1 unspecified atom stereocenters. The van der Waals surface area contributed by atoms with Crippen LogP contribution in [0.15, 0.2) is 54.6 Å². The summed E-state index contributed by atoms with van der Waals surface area (Å²) in [5, 5.41) is 30.9. The molecule has 0 aliphatic rings. The van der Waals surface area contributed by atoms with Crippen LogP contribution in [0, 0.1) is 25.2 Å². The van der Waals surface area contributed by atoms with E-state index in [0.717, 1.165) is 27.9 Å². The summed E-state index contributed by atoms with van der Waals surface area (Å²) in [5.74, 6) is 0.399. The summed E-state index contributed by atoms with van der Waals surface area (Å²) in [4.78, 5) is 0. The second kappa shape index (κ2) is 7.77. The number of aromatic nitrogens is 2. The van der Waals surface area contributed by atoms with E-state index < -0.39 is 6.10 Å². The monoisotopic (exact) mass is 344 g/mol. The van der Waals surface area contributed by atoms with Crippen LogP contribution >= 0.6 is 0 Å². The van der Waals surface area contributed by atoms with Gasteiger partial charge in [-0.15, -0.1) is 5.10 Å². The summed E-state index contributed by atoms with van der Waals surface area (Å²) in [5.41, 5.74) is 5.02. The van der Waals surface area contributed by atoms with Gasteiger partial charge in [-0.2, -0.15) is 10.4 Å². The number of aliphatic hydroxyl groups is 1. The number of hydrogen-bond acceptors (Lipinski definition) is 5. The first-order chi connectivity index (χ1) is 12.6. The molecule has 0 aliphatic carbocycles. The first kappa shape index (κ1) is 17.6. The van der Waals surface area contributed by atoms with E-state index >= 15 is 0 Å². The highest BCUT2D eigenvalue weighted by atomic mass is 16.3. The third-order valence-corrected chi connectivity index (χ3v) is 4.43. The van der Waals surface area contributed by atoms with Gasteiger partial charge in [0.2, 0.25) is 0 Å². The maximum atomic E-state index is 10.4. The van der Waals surface area contributed by atoms with Crippen molar-refractivity contribution in [1.82, 2.24) is 10.2 Å². The topological polar surface area (TPSA) is 81.8 Å². The molecule has 5 heteroatoms. The second-order valence-electron chi connectivity index (χ2n) is 6.13. The Bertz CT molecular complexity index is 931. The summed E-state index contributed by atoms with van der Waals surface area (Å²) >= 11 is 0. The number of rotatable bonds is 5. The van der Waals surface area contributed by atoms with Gasteiger partial charge < -0.3 is 10.4 Å². The van der Waals surface area contributed by atoms with Gasteiger partial charge in [0.25, 0.3) is 0 Å². The van der Waals surface area contributed by atoms with Crippen molar-refractivity contribution < 1.29 is 5.11 Å². The van der Waals surface area contributed by atoms with E-state index in [1.165, 1.54) is 0 Å². The summed E-state index contributed by atoms with van der Waals surface area (Å²) in [6.45, 7) is 3.90. The van der Waals surface area contributed by atoms with Gasteiger partial charge in [0, 0.05) is 6.54 Å². The first-order valence-electron chi connectivity index (χ1n) is 8.41. The van der Waals surface area contributed by atoms with Crippen LogP contribution < -0.4 is 5.32 Å². The predicted molar refractivity (Wildman–Crippen MR) is 102 cm³/mol. The largest absolute Gasteiger partial charge is 0.387 e. The molecule has 26 heavy (non-hydrogen) atoms. The lowest BCUT2D eigenvalue weighted by molar-refractivity contribution is 0.191. The SMILES string of the molecule is Cc1nnc(NCC(O)c2ccc(-c3ccccc3)cc2)c(C#N)c1C. The predicted octanol–water partition coefficient (Wildman–Crippen LogP) is 3.78. The van der Waals surface area contributed by atoms with Crippen LogP contribution in [0.2, 0.25) is 0 Å².